The molecule has 0 bridgehead atoms. The Kier molecular flexibility index (Phi) is 13.3. The number of unbranched alkanes of at least 4 members (excludes halogenated alkanes) is 8. The van der Waals surface area contributed by atoms with Gasteiger partial charge in [-0.15, -0.1) is 6.58 Å². The van der Waals surface area contributed by atoms with E-state index in [0.717, 1.165) is 19.3 Å². The van der Waals surface area contributed by atoms with Crippen LogP contribution in [0.2, 0.25) is 0 Å². The summed E-state index contributed by atoms with van der Waals surface area (Å²) in [5.41, 5.74) is 1.29. The molecule has 2 amide bonds. The van der Waals surface area contributed by atoms with E-state index in [2.05, 4.69) is 13.5 Å². The Bertz CT molecular complexity index is 1320. The molecule has 41 heavy (non-hydrogen) atoms. The number of amides is 2. The number of para-hydroxylation sites is 1. The minimum absolute atomic E-state index is 0.00223. The fraction of sp³-hybridized carbons (Fsp3) is 0.441. The molecule has 0 saturated heterocycles. The normalized spacial score (nSPS) is 11.0. The number of hydrogen-bond donors (Lipinski definition) is 0. The molecule has 0 aliphatic rings. The minimum atomic E-state index is -0.374. The maximum atomic E-state index is 13.6. The second-order valence-corrected chi connectivity index (χ2v) is 10.6. The number of carbonyl (C=O) groups excluding carboxylic acids is 2. The van der Waals surface area contributed by atoms with E-state index in [4.69, 9.17) is 4.42 Å². The molecule has 0 atom stereocenters. The highest BCUT2D eigenvalue weighted by Crippen LogP contribution is 2.16. The van der Waals surface area contributed by atoms with Crippen molar-refractivity contribution >= 4 is 22.8 Å². The van der Waals surface area contributed by atoms with Crippen molar-refractivity contribution in [1.82, 2.24) is 9.80 Å². The summed E-state index contributed by atoms with van der Waals surface area (Å²) >= 11 is 0. The summed E-state index contributed by atoms with van der Waals surface area (Å²) in [5.74, 6) is -0.779. The third-order valence-electron chi connectivity index (χ3n) is 7.27. The van der Waals surface area contributed by atoms with Crippen LogP contribution in [0.4, 0.5) is 4.39 Å². The Hall–Kier alpha value is -3.74. The van der Waals surface area contributed by atoms with E-state index in [-0.39, 0.29) is 49.2 Å². The zero-order valence-electron chi connectivity index (χ0n) is 24.3. The molecule has 3 aromatic rings. The Labute approximate surface area is 242 Å². The highest BCUT2D eigenvalue weighted by atomic mass is 19.1. The van der Waals surface area contributed by atoms with Crippen LogP contribution in [0, 0.1) is 5.82 Å². The molecule has 1 heterocycles. The molecule has 2 aromatic carbocycles. The molecule has 220 valence electrons. The number of benzene rings is 2. The van der Waals surface area contributed by atoms with Crippen LogP contribution in [0.3, 0.4) is 0 Å². The SMILES string of the molecule is C=CCN(CC(=O)N(Cc1ccc(F)cc1)Cc1coc2ccccc2c1=O)C(=O)CCCCCCCCCCC. The first-order valence-electron chi connectivity index (χ1n) is 14.8. The molecule has 0 aliphatic carbocycles. The third kappa shape index (κ3) is 10.3. The first kappa shape index (κ1) is 31.8. The molecule has 0 spiro atoms. The molecule has 1 aromatic heterocycles. The lowest BCUT2D eigenvalue weighted by Gasteiger charge is -2.27. The summed E-state index contributed by atoms with van der Waals surface area (Å²) in [6, 6.07) is 12.8. The van der Waals surface area contributed by atoms with Gasteiger partial charge in [0.15, 0.2) is 5.43 Å². The second-order valence-electron chi connectivity index (χ2n) is 10.6. The van der Waals surface area contributed by atoms with Crippen molar-refractivity contribution < 1.29 is 18.4 Å². The van der Waals surface area contributed by atoms with Crippen LogP contribution in [0.15, 0.2) is 76.7 Å². The minimum Gasteiger partial charge on any atom is -0.464 e. The number of fused-ring (bicyclic) bond motifs is 1. The van der Waals surface area contributed by atoms with Crippen molar-refractivity contribution in [3.63, 3.8) is 0 Å². The fourth-order valence-electron chi connectivity index (χ4n) is 4.89. The van der Waals surface area contributed by atoms with Gasteiger partial charge < -0.3 is 14.2 Å². The van der Waals surface area contributed by atoms with E-state index < -0.39 is 0 Å². The second kappa shape index (κ2) is 17.2. The van der Waals surface area contributed by atoms with Crippen LogP contribution >= 0.6 is 0 Å². The Morgan fingerprint density at radius 2 is 1.51 bits per heavy atom. The third-order valence-corrected chi connectivity index (χ3v) is 7.27. The number of rotatable bonds is 18. The predicted octanol–water partition coefficient (Wildman–Crippen LogP) is 7.40. The topological polar surface area (TPSA) is 70.8 Å². The summed E-state index contributed by atoms with van der Waals surface area (Å²) in [7, 11) is 0. The highest BCUT2D eigenvalue weighted by molar-refractivity contribution is 5.85. The van der Waals surface area contributed by atoms with Crippen LogP contribution in [-0.4, -0.2) is 34.7 Å². The van der Waals surface area contributed by atoms with Gasteiger partial charge >= 0.3 is 0 Å². The Morgan fingerprint density at radius 1 is 0.854 bits per heavy atom. The molecular weight excluding hydrogens is 519 g/mol. The highest BCUT2D eigenvalue weighted by Gasteiger charge is 2.22. The first-order valence-corrected chi connectivity index (χ1v) is 14.8. The monoisotopic (exact) mass is 562 g/mol. The van der Waals surface area contributed by atoms with Crippen molar-refractivity contribution in [3.8, 4) is 0 Å². The molecule has 0 unspecified atom stereocenters. The predicted molar refractivity (Wildman–Crippen MR) is 162 cm³/mol. The van der Waals surface area contributed by atoms with Gasteiger partial charge in [0.1, 0.15) is 17.9 Å². The zero-order valence-corrected chi connectivity index (χ0v) is 24.3. The van der Waals surface area contributed by atoms with Gasteiger partial charge in [-0.05, 0) is 36.2 Å². The van der Waals surface area contributed by atoms with Crippen LogP contribution in [0.1, 0.15) is 82.3 Å². The molecule has 0 saturated carbocycles. The van der Waals surface area contributed by atoms with Gasteiger partial charge in [-0.2, -0.15) is 0 Å². The van der Waals surface area contributed by atoms with E-state index in [9.17, 15) is 18.8 Å². The number of hydrogen-bond acceptors (Lipinski definition) is 4. The van der Waals surface area contributed by atoms with Crippen molar-refractivity contribution in [2.75, 3.05) is 13.1 Å². The fourth-order valence-corrected chi connectivity index (χ4v) is 4.89. The number of carbonyl (C=O) groups is 2. The van der Waals surface area contributed by atoms with Gasteiger partial charge in [-0.1, -0.05) is 88.6 Å². The maximum absolute atomic E-state index is 13.6. The molecule has 3 rings (SSSR count). The summed E-state index contributed by atoms with van der Waals surface area (Å²) in [4.78, 5) is 42.8. The van der Waals surface area contributed by atoms with Crippen LogP contribution in [0.5, 0.6) is 0 Å². The van der Waals surface area contributed by atoms with Crippen molar-refractivity contribution in [2.45, 2.75) is 84.2 Å². The lowest BCUT2D eigenvalue weighted by molar-refractivity contribution is -0.140. The molecule has 0 aliphatic heterocycles. The summed E-state index contributed by atoms with van der Waals surface area (Å²) in [6.07, 6.45) is 13.8. The average molecular weight is 563 g/mol. The molecule has 0 N–H and O–H groups in total. The van der Waals surface area contributed by atoms with E-state index in [1.165, 1.54) is 66.7 Å². The maximum Gasteiger partial charge on any atom is 0.242 e. The van der Waals surface area contributed by atoms with E-state index in [0.29, 0.717) is 28.5 Å². The number of halogens is 1. The molecule has 6 nitrogen and oxygen atoms in total. The van der Waals surface area contributed by atoms with Crippen LogP contribution < -0.4 is 5.43 Å². The van der Waals surface area contributed by atoms with E-state index >= 15 is 0 Å². The largest absolute Gasteiger partial charge is 0.464 e. The van der Waals surface area contributed by atoms with Gasteiger partial charge in [0.25, 0.3) is 0 Å². The van der Waals surface area contributed by atoms with Gasteiger partial charge in [-0.25, -0.2) is 4.39 Å². The lowest BCUT2D eigenvalue weighted by atomic mass is 10.1. The Balaban J connectivity index is 1.65. The van der Waals surface area contributed by atoms with E-state index in [1.807, 2.05) is 0 Å². The molecule has 0 radical (unpaired) electrons. The molecule has 7 heteroatoms. The lowest BCUT2D eigenvalue weighted by Crippen LogP contribution is -2.43. The van der Waals surface area contributed by atoms with Crippen molar-refractivity contribution in [1.29, 1.82) is 0 Å². The summed E-state index contributed by atoms with van der Waals surface area (Å²) < 4.78 is 19.2. The van der Waals surface area contributed by atoms with Gasteiger partial charge in [0.2, 0.25) is 11.8 Å². The van der Waals surface area contributed by atoms with Crippen LogP contribution in [0.25, 0.3) is 11.0 Å². The van der Waals surface area contributed by atoms with E-state index in [1.54, 1.807) is 42.5 Å². The van der Waals surface area contributed by atoms with Crippen LogP contribution in [-0.2, 0) is 22.7 Å². The van der Waals surface area contributed by atoms with Crippen molar-refractivity contribution in [3.05, 3.63) is 94.6 Å². The summed E-state index contributed by atoms with van der Waals surface area (Å²) in [5, 5.41) is 0.434. The summed E-state index contributed by atoms with van der Waals surface area (Å²) in [6.45, 7) is 6.25. The smallest absolute Gasteiger partial charge is 0.242 e. The van der Waals surface area contributed by atoms with Gasteiger partial charge in [0.05, 0.1) is 23.8 Å². The van der Waals surface area contributed by atoms with Gasteiger partial charge in [0, 0.05) is 19.5 Å². The molecular formula is C34H43FN2O4. The van der Waals surface area contributed by atoms with Crippen molar-refractivity contribution in [2.24, 2.45) is 0 Å². The Morgan fingerprint density at radius 3 is 2.20 bits per heavy atom. The van der Waals surface area contributed by atoms with Gasteiger partial charge in [-0.3, -0.25) is 14.4 Å². The average Bonchev–Trinajstić information content (AvgIpc) is 2.98. The zero-order chi connectivity index (χ0) is 29.5. The number of nitrogens with zero attached hydrogens (tertiary/aromatic N) is 2. The quantitative estimate of drug-likeness (QED) is 0.120. The first-order chi connectivity index (χ1) is 19.9. The standard InChI is InChI=1S/C34H43FN2O4/c1-3-5-6-7-8-9-10-11-12-17-32(38)36(22-4-2)25-33(39)37(23-27-18-20-29(35)21-19-27)24-28-26-41-31-16-14-13-15-30(31)34(28)40/h4,13-16,18-21,26H,2-3,5-12,17,22-25H2,1H3. The molecule has 0 fully saturated rings.